The molecule has 1 aromatic rings. The molecule has 1 unspecified atom stereocenters. The van der Waals surface area contributed by atoms with E-state index in [0.29, 0.717) is 31.6 Å². The summed E-state index contributed by atoms with van der Waals surface area (Å²) in [5, 5.41) is 9.11. The molecule has 3 nitrogen and oxygen atoms in total. The molecular formula is C13H16FNO2. The van der Waals surface area contributed by atoms with Gasteiger partial charge >= 0.3 is 5.97 Å². The van der Waals surface area contributed by atoms with E-state index in [2.05, 4.69) is 0 Å². The lowest BCUT2D eigenvalue weighted by Gasteiger charge is -2.20. The fourth-order valence-electron chi connectivity index (χ4n) is 2.23. The summed E-state index contributed by atoms with van der Waals surface area (Å²) in [6.45, 7) is 3.42. The Morgan fingerprint density at radius 2 is 2.24 bits per heavy atom. The molecular weight excluding hydrogens is 221 g/mol. The van der Waals surface area contributed by atoms with Crippen LogP contribution in [0.25, 0.3) is 0 Å². The predicted molar refractivity (Wildman–Crippen MR) is 62.0 cm³/mol. The van der Waals surface area contributed by atoms with E-state index < -0.39 is 11.4 Å². The smallest absolute Gasteiger partial charge is 0.310 e. The highest BCUT2D eigenvalue weighted by Crippen LogP contribution is 2.31. The molecule has 1 aliphatic heterocycles. The number of carboxylic acids is 1. The summed E-state index contributed by atoms with van der Waals surface area (Å²) in [6.07, 6.45) is 0.622. The van der Waals surface area contributed by atoms with E-state index in [1.807, 2.05) is 4.90 Å². The van der Waals surface area contributed by atoms with E-state index >= 15 is 0 Å². The standard InChI is InChI=1S/C13H16FNO2/c1-13(12(16)17)6-7-15(9-13)8-10-4-2-3-5-11(10)14/h2-5H,6-9H2,1H3,(H,16,17). The van der Waals surface area contributed by atoms with Gasteiger partial charge in [0.15, 0.2) is 0 Å². The zero-order valence-electron chi connectivity index (χ0n) is 9.82. The van der Waals surface area contributed by atoms with Crippen LogP contribution in [0.2, 0.25) is 0 Å². The van der Waals surface area contributed by atoms with Gasteiger partial charge in [-0.2, -0.15) is 0 Å². The van der Waals surface area contributed by atoms with E-state index in [0.717, 1.165) is 0 Å². The van der Waals surface area contributed by atoms with Gasteiger partial charge in [-0.3, -0.25) is 9.69 Å². The minimum atomic E-state index is -0.770. The van der Waals surface area contributed by atoms with Crippen LogP contribution in [0.15, 0.2) is 24.3 Å². The van der Waals surface area contributed by atoms with Crippen LogP contribution in [-0.4, -0.2) is 29.1 Å². The number of halogens is 1. The predicted octanol–water partition coefficient (Wildman–Crippen LogP) is 2.12. The van der Waals surface area contributed by atoms with Crippen LogP contribution in [0, 0.1) is 11.2 Å². The molecule has 1 aliphatic rings. The molecule has 4 heteroatoms. The van der Waals surface area contributed by atoms with Crippen molar-refractivity contribution in [1.29, 1.82) is 0 Å². The molecule has 1 aromatic carbocycles. The molecule has 0 aliphatic carbocycles. The number of benzene rings is 1. The van der Waals surface area contributed by atoms with Crippen molar-refractivity contribution in [2.75, 3.05) is 13.1 Å². The third-order valence-electron chi connectivity index (χ3n) is 3.42. The van der Waals surface area contributed by atoms with Gasteiger partial charge in [0.05, 0.1) is 5.41 Å². The van der Waals surface area contributed by atoms with E-state index in [1.165, 1.54) is 6.07 Å². The number of rotatable bonds is 3. The van der Waals surface area contributed by atoms with Gasteiger partial charge in [0.2, 0.25) is 0 Å². The van der Waals surface area contributed by atoms with Gasteiger partial charge < -0.3 is 5.11 Å². The van der Waals surface area contributed by atoms with Crippen molar-refractivity contribution in [3.63, 3.8) is 0 Å². The van der Waals surface area contributed by atoms with Gasteiger partial charge in [0, 0.05) is 18.7 Å². The topological polar surface area (TPSA) is 40.5 Å². The van der Waals surface area contributed by atoms with Gasteiger partial charge in [-0.05, 0) is 26.0 Å². The van der Waals surface area contributed by atoms with E-state index in [9.17, 15) is 9.18 Å². The second-order valence-electron chi connectivity index (χ2n) is 4.92. The maximum absolute atomic E-state index is 13.5. The number of carbonyl (C=O) groups is 1. The van der Waals surface area contributed by atoms with Gasteiger partial charge in [-0.25, -0.2) is 4.39 Å². The average molecular weight is 237 g/mol. The fraction of sp³-hybridized carbons (Fsp3) is 0.462. The zero-order chi connectivity index (χ0) is 12.5. The maximum atomic E-state index is 13.5. The van der Waals surface area contributed by atoms with E-state index in [-0.39, 0.29) is 5.82 Å². The highest BCUT2D eigenvalue weighted by molar-refractivity contribution is 5.74. The van der Waals surface area contributed by atoms with Crippen molar-refractivity contribution in [3.05, 3.63) is 35.6 Å². The Kier molecular flexibility index (Phi) is 3.15. The Labute approximate surface area is 99.9 Å². The minimum Gasteiger partial charge on any atom is -0.481 e. The first-order chi connectivity index (χ1) is 8.01. The number of likely N-dealkylation sites (tertiary alicyclic amines) is 1. The molecule has 0 spiro atoms. The molecule has 0 radical (unpaired) electrons. The van der Waals surface area contributed by atoms with E-state index in [4.69, 9.17) is 5.11 Å². The third kappa shape index (κ3) is 2.47. The van der Waals surface area contributed by atoms with E-state index in [1.54, 1.807) is 25.1 Å². The Hall–Kier alpha value is -1.42. The highest BCUT2D eigenvalue weighted by atomic mass is 19.1. The molecule has 1 N–H and O–H groups in total. The molecule has 1 atom stereocenters. The van der Waals surface area contributed by atoms with Gasteiger partial charge in [-0.15, -0.1) is 0 Å². The molecule has 1 saturated heterocycles. The Morgan fingerprint density at radius 1 is 1.53 bits per heavy atom. The second kappa shape index (κ2) is 4.45. The molecule has 0 saturated carbocycles. The monoisotopic (exact) mass is 237 g/mol. The number of aliphatic carboxylic acids is 1. The number of carboxylic acid groups (broad SMARTS) is 1. The lowest BCUT2D eigenvalue weighted by Crippen LogP contribution is -2.31. The van der Waals surface area contributed by atoms with Crippen molar-refractivity contribution in [2.45, 2.75) is 19.9 Å². The lowest BCUT2D eigenvalue weighted by molar-refractivity contribution is -0.147. The first kappa shape index (κ1) is 12.0. The third-order valence-corrected chi connectivity index (χ3v) is 3.42. The quantitative estimate of drug-likeness (QED) is 0.875. The largest absolute Gasteiger partial charge is 0.481 e. The zero-order valence-corrected chi connectivity index (χ0v) is 9.82. The number of hydrogen-bond donors (Lipinski definition) is 1. The van der Waals surface area contributed by atoms with Crippen LogP contribution in [0.4, 0.5) is 4.39 Å². The summed E-state index contributed by atoms with van der Waals surface area (Å²) < 4.78 is 13.5. The Balaban J connectivity index is 2.04. The van der Waals surface area contributed by atoms with Crippen molar-refractivity contribution in [1.82, 2.24) is 4.90 Å². The molecule has 1 fully saturated rings. The molecule has 2 rings (SSSR count). The SMILES string of the molecule is CC1(C(=O)O)CCN(Cc2ccccc2F)C1. The fourth-order valence-corrected chi connectivity index (χ4v) is 2.23. The van der Waals surface area contributed by atoms with Crippen LogP contribution in [0.3, 0.4) is 0 Å². The van der Waals surface area contributed by atoms with Crippen molar-refractivity contribution in [3.8, 4) is 0 Å². The van der Waals surface area contributed by atoms with Gasteiger partial charge in [0.25, 0.3) is 0 Å². The van der Waals surface area contributed by atoms with Crippen LogP contribution in [-0.2, 0) is 11.3 Å². The number of nitrogens with zero attached hydrogens (tertiary/aromatic N) is 1. The molecule has 92 valence electrons. The second-order valence-corrected chi connectivity index (χ2v) is 4.92. The summed E-state index contributed by atoms with van der Waals surface area (Å²) in [5.41, 5.74) is -0.0622. The summed E-state index contributed by atoms with van der Waals surface area (Å²) in [6, 6.07) is 6.63. The molecule has 0 amide bonds. The molecule has 17 heavy (non-hydrogen) atoms. The summed E-state index contributed by atoms with van der Waals surface area (Å²) in [5.74, 6) is -0.995. The summed E-state index contributed by atoms with van der Waals surface area (Å²) >= 11 is 0. The van der Waals surface area contributed by atoms with Crippen LogP contribution in [0.1, 0.15) is 18.9 Å². The van der Waals surface area contributed by atoms with Crippen LogP contribution < -0.4 is 0 Å². The summed E-state index contributed by atoms with van der Waals surface area (Å²) in [4.78, 5) is 13.1. The van der Waals surface area contributed by atoms with Crippen molar-refractivity contribution >= 4 is 5.97 Å². The molecule has 0 aromatic heterocycles. The first-order valence-corrected chi connectivity index (χ1v) is 5.70. The highest BCUT2D eigenvalue weighted by Gasteiger charge is 2.40. The van der Waals surface area contributed by atoms with Gasteiger partial charge in [-0.1, -0.05) is 18.2 Å². The number of hydrogen-bond acceptors (Lipinski definition) is 2. The minimum absolute atomic E-state index is 0.226. The summed E-state index contributed by atoms with van der Waals surface area (Å²) in [7, 11) is 0. The Morgan fingerprint density at radius 3 is 2.82 bits per heavy atom. The average Bonchev–Trinajstić information content (AvgIpc) is 2.65. The first-order valence-electron chi connectivity index (χ1n) is 5.70. The maximum Gasteiger partial charge on any atom is 0.310 e. The van der Waals surface area contributed by atoms with Crippen molar-refractivity contribution in [2.24, 2.45) is 5.41 Å². The van der Waals surface area contributed by atoms with Crippen molar-refractivity contribution < 1.29 is 14.3 Å². The normalized spacial score (nSPS) is 25.1. The van der Waals surface area contributed by atoms with Crippen LogP contribution in [0.5, 0.6) is 0 Å². The van der Waals surface area contributed by atoms with Gasteiger partial charge in [0.1, 0.15) is 5.82 Å². The lowest BCUT2D eigenvalue weighted by atomic mass is 9.90. The Bertz CT molecular complexity index is 435. The molecule has 1 heterocycles. The molecule has 0 bridgehead atoms. The van der Waals surface area contributed by atoms with Crippen LogP contribution >= 0.6 is 0 Å².